The van der Waals surface area contributed by atoms with Crippen LogP contribution in [0.2, 0.25) is 0 Å². The van der Waals surface area contributed by atoms with Gasteiger partial charge in [-0.1, -0.05) is 18.2 Å². The molecule has 1 aromatic carbocycles. The van der Waals surface area contributed by atoms with Gasteiger partial charge in [0, 0.05) is 5.39 Å². The second kappa shape index (κ2) is 2.65. The van der Waals surface area contributed by atoms with E-state index in [2.05, 4.69) is 10.5 Å². The van der Waals surface area contributed by atoms with Crippen molar-refractivity contribution in [3.63, 3.8) is 0 Å². The normalized spacial score (nSPS) is 10.0. The number of nitrogens with one attached hydrogen (secondary N) is 1. The number of para-hydroxylation sites is 1. The van der Waals surface area contributed by atoms with Gasteiger partial charge in [0.1, 0.15) is 0 Å². The number of carbonyl (C=O) groups is 1. The topological polar surface area (TPSA) is 46.9 Å². The number of carbonyl (C=O) groups excluding carboxylic acids is 1. The summed E-state index contributed by atoms with van der Waals surface area (Å²) in [4.78, 5) is 11.6. The van der Waals surface area contributed by atoms with E-state index in [1.54, 1.807) is 6.20 Å². The highest BCUT2D eigenvalue weighted by Gasteiger charge is 1.98. The van der Waals surface area contributed by atoms with E-state index in [1.165, 1.54) is 4.79 Å². The minimum Gasteiger partial charge on any atom is -0.277 e. The third-order valence-electron chi connectivity index (χ3n) is 1.65. The number of nitrogens with zero attached hydrogens (tertiary/aromatic N) is 2. The fourth-order valence-electron chi connectivity index (χ4n) is 1.12. The number of rotatable bonds is 2. The first kappa shape index (κ1) is 6.84. The molecule has 0 aliphatic rings. The Kier molecular flexibility index (Phi) is 1.51. The maximum atomic E-state index is 10.1. The predicted octanol–water partition coefficient (Wildman–Crippen LogP) is 0.736. The Morgan fingerprint density at radius 1 is 1.42 bits per heavy atom. The molecule has 60 valence electrons. The Morgan fingerprint density at radius 3 is 3.08 bits per heavy atom. The van der Waals surface area contributed by atoms with Crippen LogP contribution in [0.3, 0.4) is 0 Å². The third-order valence-corrected chi connectivity index (χ3v) is 1.65. The molecule has 4 nitrogen and oxygen atoms in total. The number of hydrogen-bond acceptors (Lipinski definition) is 2. The molecule has 1 aromatic heterocycles. The summed E-state index contributed by atoms with van der Waals surface area (Å²) in [6, 6.07) is 7.65. The van der Waals surface area contributed by atoms with E-state index < -0.39 is 0 Å². The fraction of sp³-hybridized carbons (Fsp3) is 0. The molecule has 0 saturated heterocycles. The van der Waals surface area contributed by atoms with Gasteiger partial charge in [-0.15, -0.1) is 0 Å². The Labute approximate surface area is 68.8 Å². The van der Waals surface area contributed by atoms with Crippen LogP contribution in [0.4, 0.5) is 0 Å². The highest BCUT2D eigenvalue weighted by atomic mass is 16.1. The summed E-state index contributed by atoms with van der Waals surface area (Å²) in [6.07, 6.45) is 2.30. The Bertz CT molecular complexity index is 407. The van der Waals surface area contributed by atoms with Crippen LogP contribution >= 0.6 is 0 Å². The quantitative estimate of drug-likeness (QED) is 0.660. The van der Waals surface area contributed by atoms with Gasteiger partial charge in [-0.2, -0.15) is 9.89 Å². The van der Waals surface area contributed by atoms with E-state index in [1.807, 2.05) is 24.3 Å². The van der Waals surface area contributed by atoms with Crippen molar-refractivity contribution < 1.29 is 4.79 Å². The predicted molar refractivity (Wildman–Crippen MR) is 45.2 cm³/mol. The number of aromatic nitrogens is 2. The molecule has 2 rings (SSSR count). The first-order valence-corrected chi connectivity index (χ1v) is 3.55. The first-order valence-electron chi connectivity index (χ1n) is 3.55. The molecule has 0 radical (unpaired) electrons. The van der Waals surface area contributed by atoms with Crippen LogP contribution in [0.1, 0.15) is 0 Å². The molecule has 0 aliphatic carbocycles. The highest BCUT2D eigenvalue weighted by Crippen LogP contribution is 2.10. The second-order valence-electron chi connectivity index (χ2n) is 2.36. The van der Waals surface area contributed by atoms with Crippen molar-refractivity contribution in [2.75, 3.05) is 5.43 Å². The van der Waals surface area contributed by atoms with E-state index in [0.717, 1.165) is 10.9 Å². The summed E-state index contributed by atoms with van der Waals surface area (Å²) in [6.45, 7) is 0. The van der Waals surface area contributed by atoms with Gasteiger partial charge in [0.05, 0.1) is 11.7 Å². The van der Waals surface area contributed by atoms with Crippen molar-refractivity contribution in [2.24, 2.45) is 0 Å². The molecular formula is C8H7N3O. The summed E-state index contributed by atoms with van der Waals surface area (Å²) >= 11 is 0. The smallest absolute Gasteiger partial charge is 0.227 e. The van der Waals surface area contributed by atoms with Gasteiger partial charge in [-0.05, 0) is 6.07 Å². The van der Waals surface area contributed by atoms with Crippen LogP contribution in [-0.2, 0) is 4.79 Å². The molecule has 4 heteroatoms. The number of fused-ring (bicyclic) bond motifs is 1. The monoisotopic (exact) mass is 161 g/mol. The van der Waals surface area contributed by atoms with Crippen LogP contribution in [0, 0.1) is 0 Å². The van der Waals surface area contributed by atoms with Crippen molar-refractivity contribution in [3.05, 3.63) is 30.5 Å². The SMILES string of the molecule is O=CNn1ncc2ccccc21. The van der Waals surface area contributed by atoms with Gasteiger partial charge in [0.25, 0.3) is 0 Å². The molecule has 0 spiro atoms. The Balaban J connectivity index is 2.62. The number of hydrogen-bond donors (Lipinski definition) is 1. The van der Waals surface area contributed by atoms with Crippen molar-refractivity contribution in [1.82, 2.24) is 9.89 Å². The molecule has 0 bridgehead atoms. The summed E-state index contributed by atoms with van der Waals surface area (Å²) in [5.74, 6) is 0. The molecule has 1 N–H and O–H groups in total. The zero-order valence-electron chi connectivity index (χ0n) is 6.27. The van der Waals surface area contributed by atoms with Gasteiger partial charge in [0.2, 0.25) is 6.41 Å². The van der Waals surface area contributed by atoms with E-state index in [-0.39, 0.29) is 0 Å². The summed E-state index contributed by atoms with van der Waals surface area (Å²) in [5, 5.41) is 4.97. The van der Waals surface area contributed by atoms with E-state index in [9.17, 15) is 4.79 Å². The molecule has 2 aromatic rings. The van der Waals surface area contributed by atoms with Crippen LogP contribution < -0.4 is 5.43 Å². The minimum absolute atomic E-state index is 0.597. The minimum atomic E-state index is 0.597. The average molecular weight is 161 g/mol. The first-order chi connectivity index (χ1) is 5.92. The van der Waals surface area contributed by atoms with Crippen molar-refractivity contribution in [1.29, 1.82) is 0 Å². The molecule has 1 amide bonds. The standard InChI is InChI=1S/C8H7N3O/c12-6-10-11-8-4-2-1-3-7(8)5-9-11/h1-6H,(H,10,12). The molecule has 0 unspecified atom stereocenters. The summed E-state index contributed by atoms with van der Waals surface area (Å²) in [5.41, 5.74) is 3.35. The van der Waals surface area contributed by atoms with E-state index >= 15 is 0 Å². The molecule has 0 fully saturated rings. The lowest BCUT2D eigenvalue weighted by atomic mass is 10.3. The van der Waals surface area contributed by atoms with Gasteiger partial charge in [0.15, 0.2) is 0 Å². The van der Waals surface area contributed by atoms with Crippen molar-refractivity contribution in [3.8, 4) is 0 Å². The van der Waals surface area contributed by atoms with Crippen molar-refractivity contribution in [2.45, 2.75) is 0 Å². The average Bonchev–Trinajstić information content (AvgIpc) is 2.50. The van der Waals surface area contributed by atoms with Gasteiger partial charge in [-0.25, -0.2) is 5.43 Å². The van der Waals surface area contributed by atoms with E-state index in [4.69, 9.17) is 0 Å². The van der Waals surface area contributed by atoms with Crippen molar-refractivity contribution >= 4 is 17.3 Å². The van der Waals surface area contributed by atoms with Crippen LogP contribution in [0.25, 0.3) is 10.9 Å². The largest absolute Gasteiger partial charge is 0.277 e. The maximum Gasteiger partial charge on any atom is 0.227 e. The third kappa shape index (κ3) is 0.934. The molecule has 12 heavy (non-hydrogen) atoms. The van der Waals surface area contributed by atoms with Crippen LogP contribution in [0.15, 0.2) is 30.5 Å². The molecule has 0 saturated carbocycles. The molecule has 0 atom stereocenters. The lowest BCUT2D eigenvalue weighted by molar-refractivity contribution is -0.106. The lowest BCUT2D eigenvalue weighted by Crippen LogP contribution is -2.13. The van der Waals surface area contributed by atoms with Gasteiger partial charge >= 0.3 is 0 Å². The lowest BCUT2D eigenvalue weighted by Gasteiger charge is -1.97. The van der Waals surface area contributed by atoms with Crippen LogP contribution in [0.5, 0.6) is 0 Å². The summed E-state index contributed by atoms with van der Waals surface area (Å²) < 4.78 is 0. The summed E-state index contributed by atoms with van der Waals surface area (Å²) in [7, 11) is 0. The van der Waals surface area contributed by atoms with E-state index in [0.29, 0.717) is 6.41 Å². The van der Waals surface area contributed by atoms with Gasteiger partial charge in [-0.3, -0.25) is 4.79 Å². The number of amides is 1. The molecular weight excluding hydrogens is 154 g/mol. The zero-order valence-corrected chi connectivity index (χ0v) is 6.27. The highest BCUT2D eigenvalue weighted by molar-refractivity contribution is 5.79. The maximum absolute atomic E-state index is 10.1. The molecule has 0 aliphatic heterocycles. The van der Waals surface area contributed by atoms with Crippen LogP contribution in [-0.4, -0.2) is 16.3 Å². The Morgan fingerprint density at radius 2 is 2.25 bits per heavy atom. The number of benzene rings is 1. The molecule has 1 heterocycles. The zero-order chi connectivity index (χ0) is 8.39. The fourth-order valence-corrected chi connectivity index (χ4v) is 1.12. The Hall–Kier alpha value is -1.84. The second-order valence-corrected chi connectivity index (χ2v) is 2.36. The van der Waals surface area contributed by atoms with Gasteiger partial charge < -0.3 is 0 Å².